The molecule has 172 valence electrons. The maximum Gasteiger partial charge on any atom is 0.231 e. The molecule has 5 rings (SSSR count). The van der Waals surface area contributed by atoms with Gasteiger partial charge in [-0.1, -0.05) is 19.9 Å². The summed E-state index contributed by atoms with van der Waals surface area (Å²) in [6.45, 7) is 6.53. The maximum atomic E-state index is 13.2. The maximum absolute atomic E-state index is 13.2. The number of H-pyrrole nitrogens is 1. The second-order valence-electron chi connectivity index (χ2n) is 9.19. The molecule has 0 spiro atoms. The molecule has 0 bridgehead atoms. The van der Waals surface area contributed by atoms with Crippen LogP contribution in [0.2, 0.25) is 0 Å². The zero-order valence-electron chi connectivity index (χ0n) is 19.1. The van der Waals surface area contributed by atoms with Crippen LogP contribution in [0.4, 0.5) is 10.2 Å². The Morgan fingerprint density at radius 3 is 2.67 bits per heavy atom. The summed E-state index contributed by atoms with van der Waals surface area (Å²) in [6.07, 6.45) is 8.87. The SMILES string of the molecule is CC(C)N[C@H](C)CCc1nc2c(-c3ccc(-c4nc(F)c[nH]4)nc3)cnn2c(N)c1C1CC1. The van der Waals surface area contributed by atoms with Crippen LogP contribution in [-0.2, 0) is 6.42 Å². The summed E-state index contributed by atoms with van der Waals surface area (Å²) < 4.78 is 15.0. The molecule has 9 heteroatoms. The van der Waals surface area contributed by atoms with Crippen molar-refractivity contribution in [2.45, 2.75) is 64.5 Å². The van der Waals surface area contributed by atoms with Crippen LogP contribution in [0.3, 0.4) is 0 Å². The molecule has 4 heterocycles. The largest absolute Gasteiger partial charge is 0.383 e. The Hall–Kier alpha value is -3.33. The second kappa shape index (κ2) is 8.55. The van der Waals surface area contributed by atoms with E-state index in [4.69, 9.17) is 10.7 Å². The van der Waals surface area contributed by atoms with Gasteiger partial charge < -0.3 is 16.0 Å². The van der Waals surface area contributed by atoms with E-state index in [1.165, 1.54) is 6.20 Å². The third kappa shape index (κ3) is 4.32. The van der Waals surface area contributed by atoms with E-state index in [1.54, 1.807) is 23.0 Å². The molecule has 1 atom stereocenters. The fourth-order valence-corrected chi connectivity index (χ4v) is 4.42. The van der Waals surface area contributed by atoms with Gasteiger partial charge in [0.15, 0.2) is 11.5 Å². The lowest BCUT2D eigenvalue weighted by molar-refractivity contribution is 0.463. The summed E-state index contributed by atoms with van der Waals surface area (Å²) in [4.78, 5) is 16.1. The topological polar surface area (TPSA) is 110 Å². The van der Waals surface area contributed by atoms with Gasteiger partial charge in [-0.2, -0.15) is 19.0 Å². The molecule has 0 unspecified atom stereocenters. The van der Waals surface area contributed by atoms with Gasteiger partial charge >= 0.3 is 0 Å². The number of nitrogen functional groups attached to an aromatic ring is 1. The number of aryl methyl sites for hydroxylation is 1. The van der Waals surface area contributed by atoms with E-state index in [1.807, 2.05) is 6.07 Å². The number of halogens is 1. The molecule has 0 amide bonds. The van der Waals surface area contributed by atoms with Crippen LogP contribution in [0.5, 0.6) is 0 Å². The van der Waals surface area contributed by atoms with Crippen LogP contribution in [-0.4, -0.2) is 41.6 Å². The molecule has 0 radical (unpaired) electrons. The van der Waals surface area contributed by atoms with Gasteiger partial charge in [0.2, 0.25) is 5.95 Å². The van der Waals surface area contributed by atoms with E-state index in [-0.39, 0.29) is 0 Å². The first-order chi connectivity index (χ1) is 15.9. The van der Waals surface area contributed by atoms with Crippen LogP contribution in [0.25, 0.3) is 28.3 Å². The van der Waals surface area contributed by atoms with Crippen molar-refractivity contribution >= 4 is 11.5 Å². The zero-order valence-corrected chi connectivity index (χ0v) is 19.1. The molecule has 1 aliphatic rings. The van der Waals surface area contributed by atoms with Crippen LogP contribution >= 0.6 is 0 Å². The summed E-state index contributed by atoms with van der Waals surface area (Å²) in [5.74, 6) is 0.994. The molecule has 4 aromatic heterocycles. The van der Waals surface area contributed by atoms with Crippen molar-refractivity contribution < 1.29 is 4.39 Å². The summed E-state index contributed by atoms with van der Waals surface area (Å²) in [5, 5.41) is 8.11. The standard InChI is InChI=1S/C24H29FN8/c1-13(2)30-14(3)4-8-18-21(15-5-6-15)22(26)33-24(31-18)17(11-29-33)16-7-9-19(27-10-16)23-28-12-20(25)32-23/h7,9-15,30H,4-6,8,26H2,1-3H3,(H,28,32)/t14-/m1/s1. The number of anilines is 1. The molecular weight excluding hydrogens is 419 g/mol. The van der Waals surface area contributed by atoms with Crippen LogP contribution in [0.15, 0.2) is 30.7 Å². The number of nitrogens with one attached hydrogen (secondary N) is 2. The van der Waals surface area contributed by atoms with Crippen molar-refractivity contribution in [1.29, 1.82) is 0 Å². The molecule has 0 aliphatic heterocycles. The van der Waals surface area contributed by atoms with E-state index in [2.05, 4.69) is 46.1 Å². The Bertz CT molecular complexity index is 1270. The number of hydrogen-bond donors (Lipinski definition) is 3. The van der Waals surface area contributed by atoms with Gasteiger partial charge in [0.25, 0.3) is 0 Å². The Balaban J connectivity index is 1.49. The summed E-state index contributed by atoms with van der Waals surface area (Å²) in [7, 11) is 0. The molecule has 4 N–H and O–H groups in total. The van der Waals surface area contributed by atoms with Gasteiger partial charge in [0.05, 0.1) is 18.1 Å². The zero-order chi connectivity index (χ0) is 23.1. The number of hydrogen-bond acceptors (Lipinski definition) is 6. The van der Waals surface area contributed by atoms with Crippen molar-refractivity contribution in [3.05, 3.63) is 47.9 Å². The fourth-order valence-electron chi connectivity index (χ4n) is 4.42. The Kier molecular flexibility index (Phi) is 5.57. The van der Waals surface area contributed by atoms with E-state index in [0.29, 0.717) is 35.3 Å². The lowest BCUT2D eigenvalue weighted by atomic mass is 10.0. The summed E-state index contributed by atoms with van der Waals surface area (Å²) in [5.41, 5.74) is 11.9. The Morgan fingerprint density at radius 1 is 1.21 bits per heavy atom. The minimum atomic E-state index is -0.560. The first kappa shape index (κ1) is 21.5. The van der Waals surface area contributed by atoms with Gasteiger partial charge in [0.1, 0.15) is 11.5 Å². The third-order valence-corrected chi connectivity index (χ3v) is 6.08. The highest BCUT2D eigenvalue weighted by atomic mass is 19.1. The smallest absolute Gasteiger partial charge is 0.231 e. The predicted molar refractivity (Wildman–Crippen MR) is 126 cm³/mol. The summed E-state index contributed by atoms with van der Waals surface area (Å²) in [6, 6.07) is 4.56. The Morgan fingerprint density at radius 2 is 2.03 bits per heavy atom. The quantitative estimate of drug-likeness (QED) is 0.374. The van der Waals surface area contributed by atoms with E-state index in [0.717, 1.165) is 53.7 Å². The third-order valence-electron chi connectivity index (χ3n) is 6.08. The number of nitrogens with two attached hydrogens (primary N) is 1. The molecular formula is C24H29FN8. The van der Waals surface area contributed by atoms with Gasteiger partial charge in [-0.15, -0.1) is 0 Å². The Labute approximate surface area is 191 Å². The average molecular weight is 449 g/mol. The number of aromatic amines is 1. The lowest BCUT2D eigenvalue weighted by Crippen LogP contribution is -2.32. The molecule has 0 aromatic carbocycles. The number of aromatic nitrogens is 6. The van der Waals surface area contributed by atoms with Crippen LogP contribution in [0, 0.1) is 5.95 Å². The normalized spacial score (nSPS) is 14.9. The highest BCUT2D eigenvalue weighted by Gasteiger charge is 2.31. The average Bonchev–Trinajstić information content (AvgIpc) is 3.37. The van der Waals surface area contributed by atoms with Gasteiger partial charge in [-0.05, 0) is 44.6 Å². The molecule has 1 saturated carbocycles. The molecule has 33 heavy (non-hydrogen) atoms. The highest BCUT2D eigenvalue weighted by molar-refractivity contribution is 5.79. The van der Waals surface area contributed by atoms with Crippen molar-refractivity contribution in [2.75, 3.05) is 5.73 Å². The fraction of sp³-hybridized carbons (Fsp3) is 0.417. The number of nitrogens with zero attached hydrogens (tertiary/aromatic N) is 5. The molecule has 1 aliphatic carbocycles. The number of pyridine rings is 1. The first-order valence-electron chi connectivity index (χ1n) is 11.5. The lowest BCUT2D eigenvalue weighted by Gasteiger charge is -2.18. The number of fused-ring (bicyclic) bond motifs is 1. The van der Waals surface area contributed by atoms with Crippen molar-refractivity contribution in [3.8, 4) is 22.6 Å². The first-order valence-corrected chi connectivity index (χ1v) is 11.5. The van der Waals surface area contributed by atoms with Crippen molar-refractivity contribution in [2.24, 2.45) is 0 Å². The predicted octanol–water partition coefficient (Wildman–Crippen LogP) is 4.10. The molecule has 8 nitrogen and oxygen atoms in total. The van der Waals surface area contributed by atoms with E-state index in [9.17, 15) is 4.39 Å². The molecule has 4 aromatic rings. The van der Waals surface area contributed by atoms with Crippen LogP contribution in [0.1, 0.15) is 57.2 Å². The molecule has 0 saturated heterocycles. The second-order valence-corrected chi connectivity index (χ2v) is 9.19. The van der Waals surface area contributed by atoms with Crippen molar-refractivity contribution in [3.63, 3.8) is 0 Å². The van der Waals surface area contributed by atoms with Crippen LogP contribution < -0.4 is 11.1 Å². The van der Waals surface area contributed by atoms with Gasteiger partial charge in [0, 0.05) is 35.0 Å². The van der Waals surface area contributed by atoms with E-state index < -0.39 is 5.95 Å². The molecule has 1 fully saturated rings. The minimum Gasteiger partial charge on any atom is -0.383 e. The highest BCUT2D eigenvalue weighted by Crippen LogP contribution is 2.45. The monoisotopic (exact) mass is 448 g/mol. The minimum absolute atomic E-state index is 0.391. The summed E-state index contributed by atoms with van der Waals surface area (Å²) >= 11 is 0. The van der Waals surface area contributed by atoms with Gasteiger partial charge in [-0.3, -0.25) is 4.98 Å². The number of rotatable bonds is 8. The van der Waals surface area contributed by atoms with Crippen molar-refractivity contribution in [1.82, 2.24) is 34.9 Å². The number of imidazole rings is 1. The van der Waals surface area contributed by atoms with E-state index >= 15 is 0 Å². The van der Waals surface area contributed by atoms with Gasteiger partial charge in [-0.25, -0.2) is 4.98 Å².